The van der Waals surface area contributed by atoms with Gasteiger partial charge in [0, 0.05) is 26.8 Å². The van der Waals surface area contributed by atoms with Crippen molar-refractivity contribution in [2.24, 2.45) is 0 Å². The van der Waals surface area contributed by atoms with E-state index in [-0.39, 0.29) is 0 Å². The van der Waals surface area contributed by atoms with E-state index in [1.807, 2.05) is 12.4 Å². The Hall–Kier alpha value is -1.66. The van der Waals surface area contributed by atoms with Crippen LogP contribution in [0.1, 0.15) is 43.8 Å². The van der Waals surface area contributed by atoms with Gasteiger partial charge in [0.15, 0.2) is 5.65 Å². The third-order valence-corrected chi connectivity index (χ3v) is 7.19. The first-order chi connectivity index (χ1) is 12.5. The highest BCUT2D eigenvalue weighted by atomic mass is 28.3. The Bertz CT molecular complexity index is 886. The second-order valence-electron chi connectivity index (χ2n) is 8.81. The van der Waals surface area contributed by atoms with E-state index in [1.165, 1.54) is 44.0 Å². The maximum Gasteiger partial charge on any atom is 0.158 e. The van der Waals surface area contributed by atoms with E-state index in [0.717, 1.165) is 23.3 Å². The van der Waals surface area contributed by atoms with Crippen molar-refractivity contribution in [1.29, 1.82) is 0 Å². The number of rotatable bonds is 6. The average Bonchev–Trinajstić information content (AvgIpc) is 3.22. The summed E-state index contributed by atoms with van der Waals surface area (Å²) in [7, 11) is -1.05. The quantitative estimate of drug-likeness (QED) is 0.451. The van der Waals surface area contributed by atoms with Crippen molar-refractivity contribution in [2.75, 3.05) is 6.61 Å². The normalized spacial score (nSPS) is 16.7. The molecule has 26 heavy (non-hydrogen) atoms. The molecule has 0 N–H and O–H groups in total. The van der Waals surface area contributed by atoms with Crippen LogP contribution in [0.15, 0.2) is 24.7 Å². The maximum absolute atomic E-state index is 5.94. The van der Waals surface area contributed by atoms with Gasteiger partial charge in [-0.1, -0.05) is 38.9 Å². The molecule has 0 spiro atoms. The highest BCUT2D eigenvalue weighted by Gasteiger charge is 2.21. The van der Waals surface area contributed by atoms with Crippen LogP contribution in [-0.2, 0) is 11.5 Å². The van der Waals surface area contributed by atoms with Gasteiger partial charge in [-0.2, -0.15) is 0 Å². The van der Waals surface area contributed by atoms with Gasteiger partial charge in [-0.15, -0.1) is 0 Å². The van der Waals surface area contributed by atoms with E-state index >= 15 is 0 Å². The van der Waals surface area contributed by atoms with Gasteiger partial charge >= 0.3 is 0 Å². The molecule has 3 aromatic rings. The summed E-state index contributed by atoms with van der Waals surface area (Å²) in [6.45, 7) is 8.54. The maximum atomic E-state index is 5.94. The van der Waals surface area contributed by atoms with Crippen molar-refractivity contribution >= 4 is 24.8 Å². The van der Waals surface area contributed by atoms with Crippen molar-refractivity contribution in [1.82, 2.24) is 18.9 Å². The highest BCUT2D eigenvalue weighted by molar-refractivity contribution is 6.76. The van der Waals surface area contributed by atoms with E-state index in [4.69, 9.17) is 9.72 Å². The smallest absolute Gasteiger partial charge is 0.158 e. The first-order valence-electron chi connectivity index (χ1n) is 9.92. The molecule has 140 valence electrons. The van der Waals surface area contributed by atoms with Gasteiger partial charge < -0.3 is 9.30 Å². The molecule has 4 rings (SSSR count). The molecule has 3 aromatic heterocycles. The summed E-state index contributed by atoms with van der Waals surface area (Å²) >= 11 is 0. The van der Waals surface area contributed by atoms with Crippen LogP contribution in [0, 0.1) is 0 Å². The van der Waals surface area contributed by atoms with E-state index < -0.39 is 8.07 Å². The fraction of sp³-hybridized carbons (Fsp3) is 0.600. The molecule has 0 amide bonds. The molecule has 1 aliphatic carbocycles. The van der Waals surface area contributed by atoms with Crippen LogP contribution in [0.2, 0.25) is 25.7 Å². The van der Waals surface area contributed by atoms with Gasteiger partial charge in [0.05, 0.1) is 23.4 Å². The summed E-state index contributed by atoms with van der Waals surface area (Å²) in [5.74, 6) is 1.79. The number of hydrogen-bond acceptors (Lipinski definition) is 3. The lowest BCUT2D eigenvalue weighted by atomic mass is 9.89. The van der Waals surface area contributed by atoms with Gasteiger partial charge in [-0.3, -0.25) is 4.40 Å². The average molecular weight is 371 g/mol. The van der Waals surface area contributed by atoms with E-state index in [1.54, 1.807) is 0 Å². The fourth-order valence-electron chi connectivity index (χ4n) is 3.92. The van der Waals surface area contributed by atoms with Gasteiger partial charge in [0.25, 0.3) is 0 Å². The van der Waals surface area contributed by atoms with Crippen LogP contribution >= 0.6 is 0 Å². The largest absolute Gasteiger partial charge is 0.361 e. The minimum Gasteiger partial charge on any atom is -0.361 e. The van der Waals surface area contributed by atoms with E-state index in [0.29, 0.717) is 12.6 Å². The molecule has 0 unspecified atom stereocenters. The Morgan fingerprint density at radius 3 is 2.65 bits per heavy atom. The molecule has 5 nitrogen and oxygen atoms in total. The summed E-state index contributed by atoms with van der Waals surface area (Å²) in [5, 5.41) is 0. The standard InChI is InChI=1S/C20H30N4OSi/c1-26(2,3)12-11-25-15-23-10-9-18-20(23)22-14-17-13-21-19(24(17)18)16-7-5-4-6-8-16/h9-10,13-14,16H,4-8,11-12,15H2,1-3H3. The second-order valence-corrected chi connectivity index (χ2v) is 14.4. The van der Waals surface area contributed by atoms with Crippen LogP contribution in [0.4, 0.5) is 0 Å². The van der Waals surface area contributed by atoms with Crippen LogP contribution < -0.4 is 0 Å². The van der Waals surface area contributed by atoms with Crippen LogP contribution in [0.25, 0.3) is 16.7 Å². The summed E-state index contributed by atoms with van der Waals surface area (Å²) < 4.78 is 10.4. The van der Waals surface area contributed by atoms with Crippen molar-refractivity contribution in [3.8, 4) is 0 Å². The lowest BCUT2D eigenvalue weighted by molar-refractivity contribution is 0.0899. The molecule has 1 fully saturated rings. The molecule has 0 aromatic carbocycles. The zero-order valence-corrected chi connectivity index (χ0v) is 17.2. The molecule has 3 heterocycles. The number of imidazole rings is 1. The van der Waals surface area contributed by atoms with E-state index in [2.05, 4.69) is 45.9 Å². The molecule has 0 atom stereocenters. The second kappa shape index (κ2) is 7.16. The van der Waals surface area contributed by atoms with Crippen LogP contribution in [0.3, 0.4) is 0 Å². The first-order valence-corrected chi connectivity index (χ1v) is 13.6. The third-order valence-electron chi connectivity index (χ3n) is 5.49. The SMILES string of the molecule is C[Si](C)(C)CCOCn1ccc2c1ncc1cnc(C3CCCCC3)n12. The topological polar surface area (TPSA) is 44.3 Å². The molecular weight excluding hydrogens is 340 g/mol. The van der Waals surface area contributed by atoms with Crippen molar-refractivity contribution in [3.05, 3.63) is 30.5 Å². The number of aromatic nitrogens is 4. The van der Waals surface area contributed by atoms with Crippen molar-refractivity contribution in [3.63, 3.8) is 0 Å². The Labute approximate surface area is 156 Å². The monoisotopic (exact) mass is 370 g/mol. The molecule has 6 heteroatoms. The predicted octanol–water partition coefficient (Wildman–Crippen LogP) is 5.04. The summed E-state index contributed by atoms with van der Waals surface area (Å²) in [4.78, 5) is 9.45. The number of nitrogens with zero attached hydrogens (tertiary/aromatic N) is 4. The van der Waals surface area contributed by atoms with Gasteiger partial charge in [0.1, 0.15) is 12.6 Å². The Morgan fingerprint density at radius 1 is 1.12 bits per heavy atom. The summed E-state index contributed by atoms with van der Waals surface area (Å²) in [6, 6.07) is 3.35. The summed E-state index contributed by atoms with van der Waals surface area (Å²) in [6.07, 6.45) is 12.5. The minimum absolute atomic E-state index is 0.569. The third kappa shape index (κ3) is 3.57. The Balaban J connectivity index is 1.60. The van der Waals surface area contributed by atoms with Gasteiger partial charge in [-0.05, 0) is 25.0 Å². The lowest BCUT2D eigenvalue weighted by Crippen LogP contribution is -2.22. The molecule has 0 radical (unpaired) electrons. The van der Waals surface area contributed by atoms with Crippen molar-refractivity contribution < 1.29 is 4.74 Å². The fourth-order valence-corrected chi connectivity index (χ4v) is 4.68. The molecule has 0 bridgehead atoms. The summed E-state index contributed by atoms with van der Waals surface area (Å²) in [5.41, 5.74) is 3.23. The first kappa shape index (κ1) is 17.7. The number of ether oxygens (including phenoxy) is 1. The van der Waals surface area contributed by atoms with Crippen LogP contribution in [-0.4, -0.2) is 33.6 Å². The van der Waals surface area contributed by atoms with Gasteiger partial charge in [0.2, 0.25) is 0 Å². The van der Waals surface area contributed by atoms with E-state index in [9.17, 15) is 0 Å². The van der Waals surface area contributed by atoms with Crippen molar-refractivity contribution in [2.45, 2.75) is 70.4 Å². The lowest BCUT2D eigenvalue weighted by Gasteiger charge is -2.20. The Morgan fingerprint density at radius 2 is 1.88 bits per heavy atom. The molecule has 0 aliphatic heterocycles. The minimum atomic E-state index is -1.05. The van der Waals surface area contributed by atoms with Crippen LogP contribution in [0.5, 0.6) is 0 Å². The number of hydrogen-bond donors (Lipinski definition) is 0. The predicted molar refractivity (Wildman–Crippen MR) is 108 cm³/mol. The molecular formula is C20H30N4OSi. The number of fused-ring (bicyclic) bond motifs is 3. The molecule has 1 aliphatic rings. The highest BCUT2D eigenvalue weighted by Crippen LogP contribution is 2.33. The van der Waals surface area contributed by atoms with Gasteiger partial charge in [-0.25, -0.2) is 9.97 Å². The molecule has 1 saturated carbocycles. The molecule has 0 saturated heterocycles. The zero-order chi connectivity index (χ0) is 18.1. The zero-order valence-electron chi connectivity index (χ0n) is 16.2. The Kier molecular flexibility index (Phi) is 4.88.